The maximum Gasteiger partial charge on any atom is 0.241 e. The number of pyridine rings is 4. The molecule has 5 aromatic rings. The Labute approximate surface area is 243 Å². The molecular formula is C30H29FN6O4S. The lowest BCUT2D eigenvalue weighted by molar-refractivity contribution is 0.413. The molecule has 0 fully saturated rings. The minimum atomic E-state index is -3.86. The summed E-state index contributed by atoms with van der Waals surface area (Å²) in [6.45, 7) is 0.312. The summed E-state index contributed by atoms with van der Waals surface area (Å²) in [6, 6.07) is 22.9. The summed E-state index contributed by atoms with van der Waals surface area (Å²) in [4.78, 5) is 17.2. The van der Waals surface area contributed by atoms with Crippen molar-refractivity contribution in [3.63, 3.8) is 0 Å². The number of halogens is 1. The molecule has 216 valence electrons. The van der Waals surface area contributed by atoms with Crippen LogP contribution in [0.25, 0.3) is 22.8 Å². The highest BCUT2D eigenvalue weighted by molar-refractivity contribution is 7.89. The van der Waals surface area contributed by atoms with E-state index in [1.54, 1.807) is 43.8 Å². The van der Waals surface area contributed by atoms with Gasteiger partial charge < -0.3 is 15.2 Å². The number of nitrogens with one attached hydrogen (secondary N) is 1. The highest BCUT2D eigenvalue weighted by Gasteiger charge is 2.16. The van der Waals surface area contributed by atoms with Crippen LogP contribution < -0.4 is 19.9 Å². The molecule has 5 rings (SSSR count). The minimum absolute atomic E-state index is 0.0735. The second-order valence-corrected chi connectivity index (χ2v) is 10.5. The smallest absolute Gasteiger partial charge is 0.241 e. The second-order valence-electron chi connectivity index (χ2n) is 8.68. The Kier molecular flexibility index (Phi) is 10.2. The van der Waals surface area contributed by atoms with Crippen LogP contribution in [-0.2, 0) is 23.1 Å². The van der Waals surface area contributed by atoms with Crippen LogP contribution in [0.5, 0.6) is 11.5 Å². The lowest BCUT2D eigenvalue weighted by Gasteiger charge is -2.10. The van der Waals surface area contributed by atoms with Gasteiger partial charge in [-0.05, 0) is 42.5 Å². The molecule has 0 aliphatic carbocycles. The maximum absolute atomic E-state index is 13.3. The molecule has 42 heavy (non-hydrogen) atoms. The van der Waals surface area contributed by atoms with Crippen LogP contribution in [-0.4, -0.2) is 42.6 Å². The standard InChI is InChI=1S/C18H16FN3O3S.C12H13N3O/c1-25-15-10-14(22-18(11-15)17-7-2-3-8-20-17)12-21-26(23,24)16-6-4-5-13(19)9-16;1-16-10-6-9(8-13)15-12(7-10)11-4-2-3-5-14-11/h2-11,21H,12H2,1H3;2-7H,8,13H2,1H3. The van der Waals surface area contributed by atoms with E-state index < -0.39 is 15.8 Å². The van der Waals surface area contributed by atoms with E-state index in [9.17, 15) is 12.8 Å². The fourth-order valence-corrected chi connectivity index (χ4v) is 4.76. The fraction of sp³-hybridized carbons (Fsp3) is 0.133. The van der Waals surface area contributed by atoms with Gasteiger partial charge in [0.2, 0.25) is 10.0 Å². The second kappa shape index (κ2) is 14.2. The third-order valence-corrected chi connectivity index (χ3v) is 7.19. The third kappa shape index (κ3) is 8.13. The van der Waals surface area contributed by atoms with Gasteiger partial charge in [-0.15, -0.1) is 0 Å². The molecule has 0 spiro atoms. The molecule has 0 saturated carbocycles. The van der Waals surface area contributed by atoms with Crippen LogP contribution in [0, 0.1) is 5.82 Å². The zero-order chi connectivity index (χ0) is 30.0. The molecule has 12 heteroatoms. The summed E-state index contributed by atoms with van der Waals surface area (Å²) in [6.07, 6.45) is 3.38. The minimum Gasteiger partial charge on any atom is -0.497 e. The number of nitrogens with zero attached hydrogens (tertiary/aromatic N) is 4. The van der Waals surface area contributed by atoms with Crippen molar-refractivity contribution in [3.8, 4) is 34.3 Å². The first kappa shape index (κ1) is 30.2. The number of sulfonamides is 1. The van der Waals surface area contributed by atoms with Crippen LogP contribution >= 0.6 is 0 Å². The molecule has 0 aliphatic heterocycles. The predicted molar refractivity (Wildman–Crippen MR) is 156 cm³/mol. The normalized spacial score (nSPS) is 10.9. The molecule has 0 aliphatic rings. The summed E-state index contributed by atoms with van der Waals surface area (Å²) in [5, 5.41) is 0. The molecule has 0 amide bonds. The molecule has 1 aromatic carbocycles. The highest BCUT2D eigenvalue weighted by Crippen LogP contribution is 2.23. The molecule has 0 unspecified atom stereocenters. The lowest BCUT2D eigenvalue weighted by Crippen LogP contribution is -2.24. The predicted octanol–water partition coefficient (Wildman–Crippen LogP) is 4.38. The highest BCUT2D eigenvalue weighted by atomic mass is 32.2. The van der Waals surface area contributed by atoms with E-state index in [4.69, 9.17) is 15.2 Å². The molecule has 0 atom stereocenters. The zero-order valence-corrected chi connectivity index (χ0v) is 23.8. The van der Waals surface area contributed by atoms with Crippen LogP contribution in [0.3, 0.4) is 0 Å². The first-order chi connectivity index (χ1) is 20.3. The topological polar surface area (TPSA) is 142 Å². The maximum atomic E-state index is 13.3. The molecular weight excluding hydrogens is 559 g/mol. The Morgan fingerprint density at radius 3 is 1.81 bits per heavy atom. The number of nitrogens with two attached hydrogens (primary N) is 1. The number of aromatic nitrogens is 4. The van der Waals surface area contributed by atoms with E-state index in [0.717, 1.165) is 28.9 Å². The van der Waals surface area contributed by atoms with E-state index in [-0.39, 0.29) is 11.4 Å². The average molecular weight is 589 g/mol. The van der Waals surface area contributed by atoms with Gasteiger partial charge in [-0.25, -0.2) is 27.5 Å². The first-order valence-electron chi connectivity index (χ1n) is 12.7. The number of ether oxygens (including phenoxy) is 2. The van der Waals surface area contributed by atoms with Crippen LogP contribution in [0.4, 0.5) is 4.39 Å². The zero-order valence-electron chi connectivity index (χ0n) is 22.9. The van der Waals surface area contributed by atoms with Crippen LogP contribution in [0.2, 0.25) is 0 Å². The molecule has 0 saturated heterocycles. The van der Waals surface area contributed by atoms with Crippen molar-refractivity contribution >= 4 is 10.0 Å². The van der Waals surface area contributed by atoms with Gasteiger partial charge >= 0.3 is 0 Å². The van der Waals surface area contributed by atoms with Crippen molar-refractivity contribution in [1.82, 2.24) is 24.7 Å². The Morgan fingerprint density at radius 2 is 1.31 bits per heavy atom. The molecule has 0 bridgehead atoms. The van der Waals surface area contributed by atoms with E-state index in [1.807, 2.05) is 36.4 Å². The summed E-state index contributed by atoms with van der Waals surface area (Å²) in [5.74, 6) is 0.654. The van der Waals surface area contributed by atoms with Gasteiger partial charge in [0, 0.05) is 43.2 Å². The van der Waals surface area contributed by atoms with Gasteiger partial charge in [0.1, 0.15) is 17.3 Å². The Hall–Kier alpha value is -4.78. The van der Waals surface area contributed by atoms with Gasteiger partial charge in [0.05, 0.1) is 59.8 Å². The molecule has 4 heterocycles. The summed E-state index contributed by atoms with van der Waals surface area (Å²) in [7, 11) is -0.729. The summed E-state index contributed by atoms with van der Waals surface area (Å²) in [5.41, 5.74) is 9.62. The van der Waals surface area contributed by atoms with Gasteiger partial charge in [0.25, 0.3) is 0 Å². The Balaban J connectivity index is 0.000000216. The number of hydrogen-bond donors (Lipinski definition) is 2. The largest absolute Gasteiger partial charge is 0.497 e. The van der Waals surface area contributed by atoms with Crippen molar-refractivity contribution in [2.24, 2.45) is 5.73 Å². The third-order valence-electron chi connectivity index (χ3n) is 5.79. The molecule has 4 aromatic heterocycles. The number of hydrogen-bond acceptors (Lipinski definition) is 9. The van der Waals surface area contributed by atoms with E-state index in [0.29, 0.717) is 29.4 Å². The van der Waals surface area contributed by atoms with E-state index in [1.165, 1.54) is 25.3 Å². The van der Waals surface area contributed by atoms with Crippen LogP contribution in [0.1, 0.15) is 11.4 Å². The Bertz CT molecular complexity index is 1700. The lowest BCUT2D eigenvalue weighted by atomic mass is 10.2. The fourth-order valence-electron chi connectivity index (χ4n) is 3.73. The average Bonchev–Trinajstić information content (AvgIpc) is 3.04. The van der Waals surface area contributed by atoms with Gasteiger partial charge in [-0.3, -0.25) is 9.97 Å². The van der Waals surface area contributed by atoms with Gasteiger partial charge in [-0.1, -0.05) is 18.2 Å². The van der Waals surface area contributed by atoms with Gasteiger partial charge in [0.15, 0.2) is 0 Å². The van der Waals surface area contributed by atoms with E-state index >= 15 is 0 Å². The number of rotatable bonds is 9. The van der Waals surface area contributed by atoms with Crippen molar-refractivity contribution in [3.05, 3.63) is 115 Å². The van der Waals surface area contributed by atoms with Crippen molar-refractivity contribution in [2.75, 3.05) is 14.2 Å². The molecule has 10 nitrogen and oxygen atoms in total. The monoisotopic (exact) mass is 588 g/mol. The molecule has 0 radical (unpaired) electrons. The molecule has 3 N–H and O–H groups in total. The van der Waals surface area contributed by atoms with Crippen LogP contribution in [0.15, 0.2) is 102 Å². The first-order valence-corrected chi connectivity index (χ1v) is 14.2. The SMILES string of the molecule is COc1cc(CN)nc(-c2ccccn2)c1.COc1cc(CNS(=O)(=O)c2cccc(F)c2)nc(-c2ccccn2)c1. The number of methoxy groups -OCH3 is 2. The van der Waals surface area contributed by atoms with Crippen molar-refractivity contribution in [2.45, 2.75) is 18.0 Å². The quantitative estimate of drug-likeness (QED) is 0.256. The van der Waals surface area contributed by atoms with E-state index in [2.05, 4.69) is 24.7 Å². The summed E-state index contributed by atoms with van der Waals surface area (Å²) < 4.78 is 50.8. The van der Waals surface area contributed by atoms with Gasteiger partial charge in [-0.2, -0.15) is 0 Å². The Morgan fingerprint density at radius 1 is 0.738 bits per heavy atom. The van der Waals surface area contributed by atoms with Crippen molar-refractivity contribution < 1.29 is 22.3 Å². The number of benzene rings is 1. The van der Waals surface area contributed by atoms with Crippen molar-refractivity contribution in [1.29, 1.82) is 0 Å². The summed E-state index contributed by atoms with van der Waals surface area (Å²) >= 11 is 0.